The van der Waals surface area contributed by atoms with Gasteiger partial charge in [0.15, 0.2) is 11.8 Å². The average molecular weight is 505 g/mol. The van der Waals surface area contributed by atoms with Crippen molar-refractivity contribution in [1.29, 1.82) is 0 Å². The zero-order chi connectivity index (χ0) is 24.5. The Hall–Kier alpha value is -3.45. The van der Waals surface area contributed by atoms with Crippen LogP contribution in [-0.4, -0.2) is 81.2 Å². The molecule has 2 fully saturated rings. The fourth-order valence-electron chi connectivity index (χ4n) is 3.89. The molecule has 35 heavy (non-hydrogen) atoms. The number of nitrogens with one attached hydrogen (secondary N) is 2. The number of aromatic nitrogens is 3. The van der Waals surface area contributed by atoms with Crippen molar-refractivity contribution in [3.05, 3.63) is 46.5 Å². The SMILES string of the molecule is O=C(O)CNC(=O)c1ccc(COc2nc3nc(O[C@@H]4COC5C4OC[C@H]5O)[nH]c3cc2Cl)cc1. The number of aliphatic hydroxyl groups is 1. The van der Waals surface area contributed by atoms with Crippen LogP contribution in [-0.2, 0) is 20.9 Å². The number of aliphatic hydroxyl groups excluding tert-OH is 1. The zero-order valence-electron chi connectivity index (χ0n) is 18.1. The van der Waals surface area contributed by atoms with Crippen LogP contribution in [0, 0.1) is 0 Å². The largest absolute Gasteiger partial charge is 0.480 e. The highest BCUT2D eigenvalue weighted by molar-refractivity contribution is 6.32. The fraction of sp³-hybridized carbons (Fsp3) is 0.364. The quantitative estimate of drug-likeness (QED) is 0.346. The van der Waals surface area contributed by atoms with Crippen LogP contribution in [0.3, 0.4) is 0 Å². The van der Waals surface area contributed by atoms with Gasteiger partial charge in [-0.3, -0.25) is 9.59 Å². The molecule has 4 N–H and O–H groups in total. The van der Waals surface area contributed by atoms with Crippen LogP contribution < -0.4 is 14.8 Å². The third kappa shape index (κ3) is 5.00. The molecule has 1 amide bonds. The lowest BCUT2D eigenvalue weighted by Gasteiger charge is -2.15. The number of pyridine rings is 1. The van der Waals surface area contributed by atoms with E-state index in [0.29, 0.717) is 16.7 Å². The number of H-pyrrole nitrogens is 1. The summed E-state index contributed by atoms with van der Waals surface area (Å²) in [6, 6.07) is 8.34. The van der Waals surface area contributed by atoms with Gasteiger partial charge in [-0.2, -0.15) is 9.97 Å². The molecule has 5 rings (SSSR count). The number of imidazole rings is 1. The lowest BCUT2D eigenvalue weighted by Crippen LogP contribution is -2.34. The second kappa shape index (κ2) is 9.66. The maximum atomic E-state index is 11.9. The first-order valence-corrected chi connectivity index (χ1v) is 11.1. The number of aromatic amines is 1. The molecule has 2 aliphatic heterocycles. The topological polar surface area (TPSA) is 165 Å². The van der Waals surface area contributed by atoms with E-state index in [4.69, 9.17) is 35.7 Å². The van der Waals surface area contributed by atoms with Gasteiger partial charge in [-0.05, 0) is 23.8 Å². The number of halogens is 1. The average Bonchev–Trinajstić information content (AvgIpc) is 3.53. The number of aliphatic carboxylic acids is 1. The number of carboxylic acid groups (broad SMARTS) is 1. The molecule has 4 heterocycles. The lowest BCUT2D eigenvalue weighted by molar-refractivity contribution is -0.135. The Morgan fingerprint density at radius 2 is 1.94 bits per heavy atom. The highest BCUT2D eigenvalue weighted by Crippen LogP contribution is 2.31. The van der Waals surface area contributed by atoms with Crippen molar-refractivity contribution in [3.63, 3.8) is 0 Å². The smallest absolute Gasteiger partial charge is 0.322 e. The lowest BCUT2D eigenvalue weighted by atomic mass is 10.1. The molecule has 2 saturated heterocycles. The molecule has 13 heteroatoms. The van der Waals surface area contributed by atoms with Crippen LogP contribution in [0.25, 0.3) is 11.2 Å². The summed E-state index contributed by atoms with van der Waals surface area (Å²) in [7, 11) is 0. The molecule has 0 saturated carbocycles. The minimum absolute atomic E-state index is 0.130. The molecule has 2 unspecified atom stereocenters. The third-order valence-electron chi connectivity index (χ3n) is 5.61. The first-order chi connectivity index (χ1) is 16.9. The van der Waals surface area contributed by atoms with Crippen molar-refractivity contribution in [1.82, 2.24) is 20.3 Å². The van der Waals surface area contributed by atoms with Crippen LogP contribution in [0.1, 0.15) is 15.9 Å². The Bertz CT molecular complexity index is 1250. The van der Waals surface area contributed by atoms with Gasteiger partial charge in [0.25, 0.3) is 11.9 Å². The Kier molecular flexibility index (Phi) is 6.43. The summed E-state index contributed by atoms with van der Waals surface area (Å²) in [6.45, 7) is 0.147. The standard InChI is InChI=1S/C22H21ClN4O8/c23-12-5-13-19(27-22(25-13)35-15-9-33-17-14(28)8-32-18(15)17)26-21(12)34-7-10-1-3-11(4-2-10)20(31)24-6-16(29)30/h1-5,14-15,17-18,28H,6-9H2,(H,24,31)(H,29,30)(H,25,26,27)/t14-,15-,17?,18?/m1/s1. The van der Waals surface area contributed by atoms with Crippen LogP contribution >= 0.6 is 11.6 Å². The maximum Gasteiger partial charge on any atom is 0.322 e. The summed E-state index contributed by atoms with van der Waals surface area (Å²) in [6.07, 6.45) is -1.87. The van der Waals surface area contributed by atoms with Crippen LogP contribution in [0.2, 0.25) is 5.02 Å². The van der Waals surface area contributed by atoms with E-state index < -0.39 is 36.7 Å². The van der Waals surface area contributed by atoms with Gasteiger partial charge in [0.05, 0.1) is 18.7 Å². The molecular formula is C22H21ClN4O8. The molecule has 2 aliphatic rings. The molecule has 12 nitrogen and oxygen atoms in total. The van der Waals surface area contributed by atoms with E-state index in [1.54, 1.807) is 30.3 Å². The number of rotatable bonds is 8. The summed E-state index contributed by atoms with van der Waals surface area (Å²) in [5.41, 5.74) is 1.97. The predicted octanol–water partition coefficient (Wildman–Crippen LogP) is 0.911. The normalized spacial score (nSPS) is 23.3. The van der Waals surface area contributed by atoms with Gasteiger partial charge in [0, 0.05) is 5.56 Å². The van der Waals surface area contributed by atoms with Gasteiger partial charge in [-0.1, -0.05) is 23.7 Å². The number of ether oxygens (including phenoxy) is 4. The minimum Gasteiger partial charge on any atom is -0.480 e. The monoisotopic (exact) mass is 504 g/mol. The van der Waals surface area contributed by atoms with Crippen molar-refractivity contribution in [3.8, 4) is 11.9 Å². The highest BCUT2D eigenvalue weighted by atomic mass is 35.5. The van der Waals surface area contributed by atoms with Crippen LogP contribution in [0.4, 0.5) is 0 Å². The molecule has 0 spiro atoms. The first kappa shape index (κ1) is 23.3. The van der Waals surface area contributed by atoms with E-state index in [9.17, 15) is 14.7 Å². The van der Waals surface area contributed by atoms with Gasteiger partial charge in [-0.25, -0.2) is 0 Å². The number of nitrogens with zero attached hydrogens (tertiary/aromatic N) is 2. The van der Waals surface area contributed by atoms with Gasteiger partial charge in [0.2, 0.25) is 5.88 Å². The van der Waals surface area contributed by atoms with Crippen molar-refractivity contribution >= 4 is 34.6 Å². The molecule has 0 bridgehead atoms. The molecule has 2 aromatic heterocycles. The number of benzene rings is 1. The summed E-state index contributed by atoms with van der Waals surface area (Å²) in [5, 5.41) is 21.1. The van der Waals surface area contributed by atoms with Crippen molar-refractivity contribution in [2.45, 2.75) is 31.0 Å². The summed E-state index contributed by atoms with van der Waals surface area (Å²) < 4.78 is 22.7. The number of amides is 1. The number of carboxylic acids is 1. The fourth-order valence-corrected chi connectivity index (χ4v) is 4.09. The second-order valence-corrected chi connectivity index (χ2v) is 8.48. The first-order valence-electron chi connectivity index (χ1n) is 10.7. The van der Waals surface area contributed by atoms with E-state index in [2.05, 4.69) is 20.3 Å². The summed E-state index contributed by atoms with van der Waals surface area (Å²) in [4.78, 5) is 34.2. The summed E-state index contributed by atoms with van der Waals surface area (Å²) in [5.74, 6) is -1.43. The minimum atomic E-state index is -1.12. The van der Waals surface area contributed by atoms with Gasteiger partial charge in [-0.15, -0.1) is 0 Å². The van der Waals surface area contributed by atoms with E-state index in [0.717, 1.165) is 5.56 Å². The number of hydrogen-bond acceptors (Lipinski definition) is 9. The van der Waals surface area contributed by atoms with E-state index in [1.807, 2.05) is 0 Å². The van der Waals surface area contributed by atoms with Gasteiger partial charge in [0.1, 0.15) is 36.5 Å². The summed E-state index contributed by atoms with van der Waals surface area (Å²) >= 11 is 6.32. The molecule has 0 aliphatic carbocycles. The number of carbonyl (C=O) groups excluding carboxylic acids is 1. The molecule has 0 radical (unpaired) electrons. The Balaban J connectivity index is 1.22. The predicted molar refractivity (Wildman–Crippen MR) is 120 cm³/mol. The van der Waals surface area contributed by atoms with Crippen molar-refractivity contribution in [2.75, 3.05) is 19.8 Å². The molecular weight excluding hydrogens is 484 g/mol. The Morgan fingerprint density at radius 3 is 2.71 bits per heavy atom. The highest BCUT2D eigenvalue weighted by Gasteiger charge is 2.48. The number of carbonyl (C=O) groups is 2. The molecule has 184 valence electrons. The Labute approximate surface area is 203 Å². The molecule has 3 aromatic rings. The number of hydrogen-bond donors (Lipinski definition) is 4. The molecule has 1 aromatic carbocycles. The van der Waals surface area contributed by atoms with Crippen molar-refractivity contribution < 1.29 is 38.7 Å². The Morgan fingerprint density at radius 1 is 1.17 bits per heavy atom. The maximum absolute atomic E-state index is 11.9. The third-order valence-corrected chi connectivity index (χ3v) is 5.88. The number of fused-ring (bicyclic) bond motifs is 2. The zero-order valence-corrected chi connectivity index (χ0v) is 18.9. The van der Waals surface area contributed by atoms with Gasteiger partial charge < -0.3 is 39.5 Å². The second-order valence-electron chi connectivity index (χ2n) is 8.07. The van der Waals surface area contributed by atoms with Gasteiger partial charge >= 0.3 is 5.97 Å². The van der Waals surface area contributed by atoms with E-state index >= 15 is 0 Å². The van der Waals surface area contributed by atoms with Crippen LogP contribution in [0.15, 0.2) is 30.3 Å². The van der Waals surface area contributed by atoms with E-state index in [1.165, 1.54) is 0 Å². The molecule has 4 atom stereocenters. The van der Waals surface area contributed by atoms with E-state index in [-0.39, 0.29) is 42.8 Å². The van der Waals surface area contributed by atoms with Crippen LogP contribution in [0.5, 0.6) is 11.9 Å². The van der Waals surface area contributed by atoms with Crippen molar-refractivity contribution in [2.24, 2.45) is 0 Å².